The van der Waals surface area contributed by atoms with Crippen LogP contribution < -0.4 is 5.32 Å². The first kappa shape index (κ1) is 13.4. The van der Waals surface area contributed by atoms with Gasteiger partial charge in [-0.2, -0.15) is 11.8 Å². The molecule has 15 heavy (non-hydrogen) atoms. The highest BCUT2D eigenvalue weighted by Gasteiger charge is 2.20. The lowest BCUT2D eigenvalue weighted by Gasteiger charge is -2.29. The van der Waals surface area contributed by atoms with Crippen LogP contribution in [0, 0.1) is 5.92 Å². The van der Waals surface area contributed by atoms with Gasteiger partial charge in [-0.1, -0.05) is 33.6 Å². The predicted molar refractivity (Wildman–Crippen MR) is 71.6 cm³/mol. The molecule has 0 bridgehead atoms. The molecular weight excluding hydrogens is 202 g/mol. The van der Waals surface area contributed by atoms with Gasteiger partial charge in [0.15, 0.2) is 0 Å². The molecule has 0 aromatic heterocycles. The van der Waals surface area contributed by atoms with E-state index >= 15 is 0 Å². The van der Waals surface area contributed by atoms with E-state index in [9.17, 15) is 0 Å². The van der Waals surface area contributed by atoms with E-state index < -0.39 is 0 Å². The van der Waals surface area contributed by atoms with Gasteiger partial charge in [-0.15, -0.1) is 0 Å². The van der Waals surface area contributed by atoms with Gasteiger partial charge in [0.2, 0.25) is 0 Å². The lowest BCUT2D eigenvalue weighted by Crippen LogP contribution is -2.39. The Morgan fingerprint density at radius 2 is 2.13 bits per heavy atom. The Labute approximate surface area is 99.8 Å². The molecule has 0 spiro atoms. The van der Waals surface area contributed by atoms with Crippen LogP contribution in [-0.4, -0.2) is 23.6 Å². The van der Waals surface area contributed by atoms with Crippen LogP contribution >= 0.6 is 11.8 Å². The molecule has 2 unspecified atom stereocenters. The van der Waals surface area contributed by atoms with Gasteiger partial charge in [-0.3, -0.25) is 0 Å². The molecule has 1 fully saturated rings. The SMILES string of the molecule is CC(C)CCCCNC1CCCSC1C. The van der Waals surface area contributed by atoms with Crippen LogP contribution in [0.1, 0.15) is 52.9 Å². The molecular formula is C13H27NS. The standard InChI is InChI=1S/C13H27NS/c1-11(2)7-4-5-9-14-13-8-6-10-15-12(13)3/h11-14H,4-10H2,1-3H3. The predicted octanol–water partition coefficient (Wildman–Crippen LogP) is 3.69. The zero-order valence-corrected chi connectivity index (χ0v) is 11.4. The highest BCUT2D eigenvalue weighted by molar-refractivity contribution is 7.99. The summed E-state index contributed by atoms with van der Waals surface area (Å²) in [5.41, 5.74) is 0. The van der Waals surface area contributed by atoms with Crippen LogP contribution in [0.3, 0.4) is 0 Å². The van der Waals surface area contributed by atoms with Crippen LogP contribution in [0.5, 0.6) is 0 Å². The third-order valence-corrected chi connectivity index (χ3v) is 4.60. The Kier molecular flexibility index (Phi) is 6.74. The molecule has 1 heterocycles. The third-order valence-electron chi connectivity index (χ3n) is 3.22. The minimum absolute atomic E-state index is 0.780. The molecule has 1 rings (SSSR count). The quantitative estimate of drug-likeness (QED) is 0.697. The van der Waals surface area contributed by atoms with Gasteiger partial charge in [0.05, 0.1) is 0 Å². The number of unbranched alkanes of at least 4 members (excludes halogenated alkanes) is 1. The lowest BCUT2D eigenvalue weighted by atomic mass is 10.1. The summed E-state index contributed by atoms with van der Waals surface area (Å²) < 4.78 is 0. The molecule has 1 saturated heterocycles. The Hall–Kier alpha value is 0.310. The molecule has 0 aliphatic carbocycles. The summed E-state index contributed by atoms with van der Waals surface area (Å²) in [5, 5.41) is 4.55. The molecule has 1 aliphatic rings. The first-order chi connectivity index (χ1) is 7.20. The van der Waals surface area contributed by atoms with Crippen molar-refractivity contribution in [2.24, 2.45) is 5.92 Å². The Balaban J connectivity index is 1.99. The minimum atomic E-state index is 0.780. The molecule has 0 saturated carbocycles. The van der Waals surface area contributed by atoms with Crippen molar-refractivity contribution in [2.75, 3.05) is 12.3 Å². The molecule has 0 radical (unpaired) electrons. The molecule has 0 aromatic rings. The van der Waals surface area contributed by atoms with Crippen LogP contribution in [0.4, 0.5) is 0 Å². The summed E-state index contributed by atoms with van der Waals surface area (Å²) in [4.78, 5) is 0. The summed E-state index contributed by atoms with van der Waals surface area (Å²) >= 11 is 2.13. The second-order valence-electron chi connectivity index (χ2n) is 5.17. The van der Waals surface area contributed by atoms with Gasteiger partial charge in [-0.05, 0) is 37.5 Å². The fourth-order valence-electron chi connectivity index (χ4n) is 2.16. The van der Waals surface area contributed by atoms with Crippen molar-refractivity contribution in [3.8, 4) is 0 Å². The number of hydrogen-bond acceptors (Lipinski definition) is 2. The van der Waals surface area contributed by atoms with E-state index in [1.165, 1.54) is 44.4 Å². The molecule has 0 aromatic carbocycles. The number of rotatable bonds is 6. The van der Waals surface area contributed by atoms with Crippen molar-refractivity contribution in [3.05, 3.63) is 0 Å². The van der Waals surface area contributed by atoms with Crippen LogP contribution in [-0.2, 0) is 0 Å². The van der Waals surface area contributed by atoms with Crippen molar-refractivity contribution in [3.63, 3.8) is 0 Å². The van der Waals surface area contributed by atoms with Crippen LogP contribution in [0.15, 0.2) is 0 Å². The molecule has 2 atom stereocenters. The normalized spacial score (nSPS) is 27.2. The number of thioether (sulfide) groups is 1. The van der Waals surface area contributed by atoms with E-state index in [0.717, 1.165) is 17.2 Å². The highest BCUT2D eigenvalue weighted by Crippen LogP contribution is 2.24. The smallest absolute Gasteiger partial charge is 0.0184 e. The topological polar surface area (TPSA) is 12.0 Å². The van der Waals surface area contributed by atoms with Crippen molar-refractivity contribution in [2.45, 2.75) is 64.2 Å². The molecule has 1 N–H and O–H groups in total. The summed E-state index contributed by atoms with van der Waals surface area (Å²) in [6.07, 6.45) is 6.92. The largest absolute Gasteiger partial charge is 0.313 e. The van der Waals surface area contributed by atoms with Crippen molar-refractivity contribution < 1.29 is 0 Å². The Bertz CT molecular complexity index is 159. The van der Waals surface area contributed by atoms with Crippen LogP contribution in [0.25, 0.3) is 0 Å². The van der Waals surface area contributed by atoms with E-state index in [4.69, 9.17) is 0 Å². The molecule has 90 valence electrons. The first-order valence-corrected chi connectivity index (χ1v) is 7.60. The second kappa shape index (κ2) is 7.56. The first-order valence-electron chi connectivity index (χ1n) is 6.55. The van der Waals surface area contributed by atoms with Gasteiger partial charge in [-0.25, -0.2) is 0 Å². The summed E-state index contributed by atoms with van der Waals surface area (Å²) in [6.45, 7) is 8.22. The van der Waals surface area contributed by atoms with Gasteiger partial charge < -0.3 is 5.32 Å². The zero-order valence-electron chi connectivity index (χ0n) is 10.6. The fourth-order valence-corrected chi connectivity index (χ4v) is 3.33. The average Bonchev–Trinajstić information content (AvgIpc) is 2.20. The maximum atomic E-state index is 3.72. The maximum Gasteiger partial charge on any atom is 0.0184 e. The zero-order chi connectivity index (χ0) is 11.1. The van der Waals surface area contributed by atoms with Crippen molar-refractivity contribution in [1.82, 2.24) is 5.32 Å². The monoisotopic (exact) mass is 229 g/mol. The Morgan fingerprint density at radius 3 is 2.80 bits per heavy atom. The summed E-state index contributed by atoms with van der Waals surface area (Å²) in [7, 11) is 0. The lowest BCUT2D eigenvalue weighted by molar-refractivity contribution is 0.443. The van der Waals surface area contributed by atoms with Gasteiger partial charge >= 0.3 is 0 Å². The third kappa shape index (κ3) is 5.82. The van der Waals surface area contributed by atoms with E-state index in [1.54, 1.807) is 0 Å². The summed E-state index contributed by atoms with van der Waals surface area (Å²) in [5.74, 6) is 2.24. The molecule has 1 aliphatic heterocycles. The molecule has 0 amide bonds. The minimum Gasteiger partial charge on any atom is -0.313 e. The maximum absolute atomic E-state index is 3.72. The van der Waals surface area contributed by atoms with Crippen molar-refractivity contribution >= 4 is 11.8 Å². The van der Waals surface area contributed by atoms with E-state index in [2.05, 4.69) is 37.8 Å². The van der Waals surface area contributed by atoms with Gasteiger partial charge in [0, 0.05) is 11.3 Å². The number of nitrogens with one attached hydrogen (secondary N) is 1. The average molecular weight is 229 g/mol. The van der Waals surface area contributed by atoms with E-state index in [-0.39, 0.29) is 0 Å². The highest BCUT2D eigenvalue weighted by atomic mass is 32.2. The van der Waals surface area contributed by atoms with Gasteiger partial charge in [0.25, 0.3) is 0 Å². The Morgan fingerprint density at radius 1 is 1.33 bits per heavy atom. The van der Waals surface area contributed by atoms with Crippen LogP contribution in [0.2, 0.25) is 0 Å². The second-order valence-corrected chi connectivity index (χ2v) is 6.65. The van der Waals surface area contributed by atoms with E-state index in [0.29, 0.717) is 0 Å². The van der Waals surface area contributed by atoms with E-state index in [1.807, 2.05) is 0 Å². The fraction of sp³-hybridized carbons (Fsp3) is 1.00. The molecule has 1 nitrogen and oxygen atoms in total. The molecule has 2 heteroatoms. The summed E-state index contributed by atoms with van der Waals surface area (Å²) in [6, 6.07) is 0.780. The van der Waals surface area contributed by atoms with Gasteiger partial charge in [0.1, 0.15) is 0 Å². The number of hydrogen-bond donors (Lipinski definition) is 1. The van der Waals surface area contributed by atoms with Crippen molar-refractivity contribution in [1.29, 1.82) is 0 Å².